The highest BCUT2D eigenvalue weighted by atomic mass is 16.5. The zero-order valence-corrected chi connectivity index (χ0v) is 14.7. The van der Waals surface area contributed by atoms with Crippen LogP contribution < -0.4 is 5.32 Å². The summed E-state index contributed by atoms with van der Waals surface area (Å²) in [7, 11) is 0. The van der Waals surface area contributed by atoms with Crippen LogP contribution in [0.1, 0.15) is 73.1 Å². The molecule has 0 aromatic carbocycles. The van der Waals surface area contributed by atoms with Gasteiger partial charge < -0.3 is 14.8 Å². The summed E-state index contributed by atoms with van der Waals surface area (Å²) in [6.45, 7) is 13.2. The van der Waals surface area contributed by atoms with Crippen LogP contribution in [0.3, 0.4) is 0 Å². The molecule has 21 heavy (non-hydrogen) atoms. The van der Waals surface area contributed by atoms with Crippen molar-refractivity contribution in [1.82, 2.24) is 5.32 Å². The SMILES string of the molecule is CCNC(CCC1CCCCO1)C1CC(C)(C)OC1(C)C. The van der Waals surface area contributed by atoms with Gasteiger partial charge in [-0.05, 0) is 72.8 Å². The Morgan fingerprint density at radius 1 is 1.19 bits per heavy atom. The van der Waals surface area contributed by atoms with E-state index in [9.17, 15) is 0 Å². The minimum Gasteiger partial charge on any atom is -0.378 e. The Bertz CT molecular complexity index is 321. The maximum atomic E-state index is 6.30. The molecule has 0 aromatic rings. The zero-order chi connectivity index (χ0) is 15.5. The molecule has 0 bridgehead atoms. The van der Waals surface area contributed by atoms with Crippen LogP contribution in [0.25, 0.3) is 0 Å². The van der Waals surface area contributed by atoms with Crippen LogP contribution in [0.5, 0.6) is 0 Å². The molecule has 1 N–H and O–H groups in total. The van der Waals surface area contributed by atoms with Gasteiger partial charge in [0.25, 0.3) is 0 Å². The van der Waals surface area contributed by atoms with Gasteiger partial charge in [-0.15, -0.1) is 0 Å². The van der Waals surface area contributed by atoms with Crippen LogP contribution in [0, 0.1) is 5.92 Å². The van der Waals surface area contributed by atoms with E-state index in [1.807, 2.05) is 0 Å². The Morgan fingerprint density at radius 2 is 1.95 bits per heavy atom. The summed E-state index contributed by atoms with van der Waals surface area (Å²) in [5.74, 6) is 0.580. The first-order valence-corrected chi connectivity index (χ1v) is 8.89. The van der Waals surface area contributed by atoms with Crippen LogP contribution in [0.4, 0.5) is 0 Å². The van der Waals surface area contributed by atoms with Crippen molar-refractivity contribution in [3.8, 4) is 0 Å². The molecule has 2 aliphatic heterocycles. The van der Waals surface area contributed by atoms with E-state index in [1.165, 1.54) is 32.1 Å². The molecule has 0 spiro atoms. The number of nitrogens with one attached hydrogen (secondary N) is 1. The molecule has 3 nitrogen and oxygen atoms in total. The molecule has 2 heterocycles. The molecule has 2 rings (SSSR count). The minimum atomic E-state index is -0.0379. The second kappa shape index (κ2) is 6.97. The van der Waals surface area contributed by atoms with E-state index < -0.39 is 0 Å². The fourth-order valence-electron chi connectivity index (χ4n) is 4.34. The predicted molar refractivity (Wildman–Crippen MR) is 87.6 cm³/mol. The minimum absolute atomic E-state index is 0.00315. The summed E-state index contributed by atoms with van der Waals surface area (Å²) in [4.78, 5) is 0. The average molecular weight is 297 g/mol. The number of ether oxygens (including phenoxy) is 2. The van der Waals surface area contributed by atoms with Gasteiger partial charge in [0.2, 0.25) is 0 Å². The first-order chi connectivity index (χ1) is 9.84. The highest BCUT2D eigenvalue weighted by Gasteiger charge is 2.48. The Hall–Kier alpha value is -0.120. The number of hydrogen-bond donors (Lipinski definition) is 1. The molecule has 3 heteroatoms. The summed E-state index contributed by atoms with van der Waals surface area (Å²) in [5.41, 5.74) is -0.0348. The normalized spacial score (nSPS) is 33.0. The van der Waals surface area contributed by atoms with Gasteiger partial charge in [0.05, 0.1) is 17.3 Å². The van der Waals surface area contributed by atoms with E-state index >= 15 is 0 Å². The fraction of sp³-hybridized carbons (Fsp3) is 1.00. The van der Waals surface area contributed by atoms with Crippen LogP contribution >= 0.6 is 0 Å². The molecule has 2 aliphatic rings. The number of hydrogen-bond acceptors (Lipinski definition) is 3. The third-order valence-corrected chi connectivity index (χ3v) is 5.17. The van der Waals surface area contributed by atoms with Gasteiger partial charge in [-0.25, -0.2) is 0 Å². The Morgan fingerprint density at radius 3 is 2.48 bits per heavy atom. The molecule has 0 aromatic heterocycles. The molecule has 0 saturated carbocycles. The molecular formula is C18H35NO2. The molecule has 124 valence electrons. The average Bonchev–Trinajstić information content (AvgIpc) is 2.63. The fourth-order valence-corrected chi connectivity index (χ4v) is 4.34. The van der Waals surface area contributed by atoms with Crippen LogP contribution in [0.2, 0.25) is 0 Å². The quantitative estimate of drug-likeness (QED) is 0.806. The third kappa shape index (κ3) is 4.67. The van der Waals surface area contributed by atoms with Crippen molar-refractivity contribution in [2.24, 2.45) is 5.92 Å². The summed E-state index contributed by atoms with van der Waals surface area (Å²) in [6, 6.07) is 0.539. The monoisotopic (exact) mass is 297 g/mol. The Labute approximate surface area is 131 Å². The van der Waals surface area contributed by atoms with E-state index in [2.05, 4.69) is 39.9 Å². The van der Waals surface area contributed by atoms with Gasteiger partial charge in [0, 0.05) is 18.6 Å². The molecule has 3 atom stereocenters. The Balaban J connectivity index is 1.94. The van der Waals surface area contributed by atoms with Crippen LogP contribution in [-0.4, -0.2) is 36.5 Å². The lowest BCUT2D eigenvalue weighted by molar-refractivity contribution is -0.0785. The first-order valence-electron chi connectivity index (χ1n) is 8.89. The van der Waals surface area contributed by atoms with E-state index in [1.54, 1.807) is 0 Å². The van der Waals surface area contributed by atoms with Crippen LogP contribution in [0.15, 0.2) is 0 Å². The van der Waals surface area contributed by atoms with Crippen molar-refractivity contribution in [3.05, 3.63) is 0 Å². The molecular weight excluding hydrogens is 262 g/mol. The summed E-state index contributed by atoms with van der Waals surface area (Å²) in [6.07, 6.45) is 7.83. The molecule has 3 unspecified atom stereocenters. The number of rotatable bonds is 6. The van der Waals surface area contributed by atoms with E-state index in [0.717, 1.165) is 19.6 Å². The van der Waals surface area contributed by atoms with E-state index in [-0.39, 0.29) is 11.2 Å². The van der Waals surface area contributed by atoms with Gasteiger partial charge in [0.1, 0.15) is 0 Å². The van der Waals surface area contributed by atoms with Gasteiger partial charge in [-0.2, -0.15) is 0 Å². The van der Waals surface area contributed by atoms with Gasteiger partial charge in [-0.1, -0.05) is 6.92 Å². The third-order valence-electron chi connectivity index (χ3n) is 5.17. The van der Waals surface area contributed by atoms with Crippen LogP contribution in [-0.2, 0) is 9.47 Å². The predicted octanol–water partition coefficient (Wildman–Crippen LogP) is 3.91. The molecule has 2 fully saturated rings. The largest absolute Gasteiger partial charge is 0.378 e. The smallest absolute Gasteiger partial charge is 0.0677 e. The summed E-state index contributed by atoms with van der Waals surface area (Å²) < 4.78 is 12.2. The summed E-state index contributed by atoms with van der Waals surface area (Å²) in [5, 5.41) is 3.72. The lowest BCUT2D eigenvalue weighted by Crippen LogP contribution is -2.44. The van der Waals surface area contributed by atoms with Crippen molar-refractivity contribution in [2.45, 2.75) is 96.5 Å². The van der Waals surface area contributed by atoms with Crippen molar-refractivity contribution in [3.63, 3.8) is 0 Å². The highest BCUT2D eigenvalue weighted by Crippen LogP contribution is 2.44. The van der Waals surface area contributed by atoms with E-state index in [0.29, 0.717) is 18.1 Å². The second-order valence-corrected chi connectivity index (χ2v) is 8.01. The molecule has 0 aliphatic carbocycles. The first kappa shape index (κ1) is 17.2. The topological polar surface area (TPSA) is 30.5 Å². The highest BCUT2D eigenvalue weighted by molar-refractivity contribution is 4.99. The van der Waals surface area contributed by atoms with E-state index in [4.69, 9.17) is 9.47 Å². The standard InChI is InChI=1S/C18H35NO2/c1-6-19-16(11-10-14-9-7-8-12-20-14)15-13-17(2,3)21-18(15,4)5/h14-16,19H,6-13H2,1-5H3. The van der Waals surface area contributed by atoms with Crippen molar-refractivity contribution in [2.75, 3.05) is 13.2 Å². The van der Waals surface area contributed by atoms with Gasteiger partial charge in [-0.3, -0.25) is 0 Å². The maximum Gasteiger partial charge on any atom is 0.0677 e. The Kier molecular flexibility index (Phi) is 5.72. The van der Waals surface area contributed by atoms with Crippen molar-refractivity contribution in [1.29, 1.82) is 0 Å². The van der Waals surface area contributed by atoms with Gasteiger partial charge >= 0.3 is 0 Å². The summed E-state index contributed by atoms with van der Waals surface area (Å²) >= 11 is 0. The zero-order valence-electron chi connectivity index (χ0n) is 14.7. The van der Waals surface area contributed by atoms with Crippen molar-refractivity contribution < 1.29 is 9.47 Å². The molecule has 2 saturated heterocycles. The molecule has 0 amide bonds. The maximum absolute atomic E-state index is 6.30. The lowest BCUT2D eigenvalue weighted by Gasteiger charge is -2.34. The van der Waals surface area contributed by atoms with Crippen molar-refractivity contribution >= 4 is 0 Å². The second-order valence-electron chi connectivity index (χ2n) is 8.01. The lowest BCUT2D eigenvalue weighted by atomic mass is 9.79. The van der Waals surface area contributed by atoms with Gasteiger partial charge in [0.15, 0.2) is 0 Å². The molecule has 0 radical (unpaired) electrons.